The number of hydrogen-bond donors (Lipinski definition) is 0. The number of halogens is 1. The molecule has 0 atom stereocenters. The van der Waals surface area contributed by atoms with Crippen LogP contribution in [0.3, 0.4) is 0 Å². The van der Waals surface area contributed by atoms with Crippen LogP contribution in [0.15, 0.2) is 6.20 Å². The second-order valence-electron chi connectivity index (χ2n) is 7.06. The predicted octanol–water partition coefficient (Wildman–Crippen LogP) is 2.08. The molecule has 1 aromatic heterocycles. The van der Waals surface area contributed by atoms with E-state index in [9.17, 15) is 4.39 Å². The van der Waals surface area contributed by atoms with Gasteiger partial charge in [-0.1, -0.05) is 0 Å². The van der Waals surface area contributed by atoms with Gasteiger partial charge in [0.1, 0.15) is 0 Å². The molecule has 1 fully saturated rings. The fourth-order valence-electron chi connectivity index (χ4n) is 1.94. The van der Waals surface area contributed by atoms with E-state index in [4.69, 9.17) is 9.31 Å². The van der Waals surface area contributed by atoms with E-state index in [-0.39, 0.29) is 0 Å². The zero-order valence-corrected chi connectivity index (χ0v) is 12.7. The van der Waals surface area contributed by atoms with Gasteiger partial charge in [0, 0.05) is 0 Å². The summed E-state index contributed by atoms with van der Waals surface area (Å²) in [6.07, 6.45) is 1.49. The Labute approximate surface area is 114 Å². The van der Waals surface area contributed by atoms with Gasteiger partial charge in [-0.15, -0.1) is 0 Å². The molecule has 0 amide bonds. The summed E-state index contributed by atoms with van der Waals surface area (Å²) in [7, 11) is -0.707. The van der Waals surface area contributed by atoms with E-state index in [0.717, 1.165) is 0 Å². The van der Waals surface area contributed by atoms with Crippen molar-refractivity contribution in [3.05, 3.63) is 12.1 Å². The van der Waals surface area contributed by atoms with Gasteiger partial charge in [-0.3, -0.25) is 0 Å². The first-order valence-corrected chi connectivity index (χ1v) is 6.55. The van der Waals surface area contributed by atoms with Crippen LogP contribution in [0.2, 0.25) is 0 Å². The molecule has 0 saturated carbocycles. The Kier molecular flexibility index (Phi) is 3.10. The third kappa shape index (κ3) is 2.32. The topological polar surface area (TPSA) is 36.3 Å². The van der Waals surface area contributed by atoms with Crippen molar-refractivity contribution >= 4 is 12.6 Å². The highest BCUT2D eigenvalue weighted by Crippen LogP contribution is 2.36. The molecular formula is C13H22BFN2O2. The Morgan fingerprint density at radius 3 is 2.00 bits per heavy atom. The number of rotatable bonds is 1. The van der Waals surface area contributed by atoms with Gasteiger partial charge in [-0.2, -0.15) is 9.49 Å². The molecule has 0 bridgehead atoms. The number of aromatic nitrogens is 2. The lowest BCUT2D eigenvalue weighted by Gasteiger charge is -2.32. The highest BCUT2D eigenvalue weighted by Gasteiger charge is 2.53. The minimum Gasteiger partial charge on any atom is -0.399 e. The Bertz CT molecular complexity index is 475. The van der Waals surface area contributed by atoms with Crippen LogP contribution in [0.1, 0.15) is 48.5 Å². The molecule has 1 saturated heterocycles. The normalized spacial score (nSPS) is 22.0. The van der Waals surface area contributed by atoms with Crippen molar-refractivity contribution in [2.24, 2.45) is 0 Å². The Morgan fingerprint density at radius 2 is 1.63 bits per heavy atom. The smallest absolute Gasteiger partial charge is 0.399 e. The highest BCUT2D eigenvalue weighted by atomic mass is 19.1. The summed E-state index contributed by atoms with van der Waals surface area (Å²) in [6, 6.07) is 0. The standard InChI is InChI=1S/C13H22BFN2O2/c1-11(2,3)17-10(15)9(8-16-17)14-18-12(4,5)13(6,7)19-14/h8H,1-7H3. The first-order chi connectivity index (χ1) is 8.46. The van der Waals surface area contributed by atoms with E-state index in [1.165, 1.54) is 10.9 Å². The average molecular weight is 268 g/mol. The molecule has 4 nitrogen and oxygen atoms in total. The largest absolute Gasteiger partial charge is 0.501 e. The molecule has 0 N–H and O–H groups in total. The minimum atomic E-state index is -0.707. The maximum atomic E-state index is 14.4. The molecule has 2 rings (SSSR count). The maximum Gasteiger partial charge on any atom is 0.501 e. The van der Waals surface area contributed by atoms with Crippen LogP contribution in [0.4, 0.5) is 4.39 Å². The van der Waals surface area contributed by atoms with Crippen LogP contribution < -0.4 is 5.46 Å². The second kappa shape index (κ2) is 4.06. The minimum absolute atomic E-state index is 0.355. The molecule has 1 aromatic rings. The van der Waals surface area contributed by atoms with Gasteiger partial charge in [-0.25, -0.2) is 4.68 Å². The Hall–Kier alpha value is -0.875. The van der Waals surface area contributed by atoms with E-state index in [1.807, 2.05) is 48.5 Å². The van der Waals surface area contributed by atoms with Gasteiger partial charge in [0.15, 0.2) is 0 Å². The van der Waals surface area contributed by atoms with Gasteiger partial charge < -0.3 is 9.31 Å². The maximum absolute atomic E-state index is 14.4. The first kappa shape index (κ1) is 14.5. The van der Waals surface area contributed by atoms with Gasteiger partial charge in [-0.05, 0) is 48.5 Å². The Morgan fingerprint density at radius 1 is 1.16 bits per heavy atom. The summed E-state index contributed by atoms with van der Waals surface area (Å²) in [5.74, 6) is -0.397. The molecule has 19 heavy (non-hydrogen) atoms. The summed E-state index contributed by atoms with van der Waals surface area (Å²) in [6.45, 7) is 13.5. The van der Waals surface area contributed by atoms with Crippen molar-refractivity contribution < 1.29 is 13.7 Å². The number of nitrogens with zero attached hydrogens (tertiary/aromatic N) is 2. The molecule has 106 valence electrons. The van der Waals surface area contributed by atoms with Gasteiger partial charge in [0.2, 0.25) is 5.95 Å². The van der Waals surface area contributed by atoms with E-state index < -0.39 is 29.8 Å². The lowest BCUT2D eigenvalue weighted by atomic mass is 9.81. The van der Waals surface area contributed by atoms with Crippen molar-refractivity contribution in [2.75, 3.05) is 0 Å². The molecule has 0 aliphatic carbocycles. The van der Waals surface area contributed by atoms with E-state index in [0.29, 0.717) is 5.46 Å². The second-order valence-corrected chi connectivity index (χ2v) is 7.06. The molecule has 1 aliphatic rings. The molecule has 0 unspecified atom stereocenters. The summed E-state index contributed by atoms with van der Waals surface area (Å²) in [4.78, 5) is 0. The fourth-order valence-corrected chi connectivity index (χ4v) is 1.94. The summed E-state index contributed by atoms with van der Waals surface area (Å²) in [5, 5.41) is 4.11. The Balaban J connectivity index is 2.34. The molecule has 0 spiro atoms. The van der Waals surface area contributed by atoms with Gasteiger partial charge in [0.25, 0.3) is 0 Å². The quantitative estimate of drug-likeness (QED) is 0.731. The number of hydrogen-bond acceptors (Lipinski definition) is 3. The molecular weight excluding hydrogens is 246 g/mol. The van der Waals surface area contributed by atoms with E-state index >= 15 is 0 Å². The van der Waals surface area contributed by atoms with Crippen LogP contribution in [-0.4, -0.2) is 28.1 Å². The van der Waals surface area contributed by atoms with Crippen molar-refractivity contribution in [2.45, 2.75) is 65.2 Å². The molecule has 6 heteroatoms. The third-order valence-corrected chi connectivity index (χ3v) is 3.88. The highest BCUT2D eigenvalue weighted by molar-refractivity contribution is 6.62. The third-order valence-electron chi connectivity index (χ3n) is 3.88. The molecule has 2 heterocycles. The first-order valence-electron chi connectivity index (χ1n) is 6.55. The molecule has 0 radical (unpaired) electrons. The SMILES string of the molecule is CC(C)(C)n1ncc(B2OC(C)(C)C(C)(C)O2)c1F. The monoisotopic (exact) mass is 268 g/mol. The van der Waals surface area contributed by atoms with Crippen LogP contribution in [-0.2, 0) is 14.8 Å². The van der Waals surface area contributed by atoms with Crippen LogP contribution in [0.25, 0.3) is 0 Å². The predicted molar refractivity (Wildman–Crippen MR) is 72.9 cm³/mol. The lowest BCUT2D eigenvalue weighted by molar-refractivity contribution is 0.00578. The van der Waals surface area contributed by atoms with Crippen molar-refractivity contribution in [3.63, 3.8) is 0 Å². The summed E-state index contributed by atoms with van der Waals surface area (Å²) >= 11 is 0. The van der Waals surface area contributed by atoms with Crippen LogP contribution in [0, 0.1) is 5.95 Å². The van der Waals surface area contributed by atoms with Crippen LogP contribution in [0.5, 0.6) is 0 Å². The molecule has 0 aromatic carbocycles. The summed E-state index contributed by atoms with van der Waals surface area (Å²) in [5.41, 5.74) is -1.01. The average Bonchev–Trinajstić information content (AvgIpc) is 2.65. The van der Waals surface area contributed by atoms with E-state index in [2.05, 4.69) is 5.10 Å². The fraction of sp³-hybridized carbons (Fsp3) is 0.769. The van der Waals surface area contributed by atoms with Gasteiger partial charge >= 0.3 is 7.12 Å². The van der Waals surface area contributed by atoms with Crippen molar-refractivity contribution in [1.82, 2.24) is 9.78 Å². The van der Waals surface area contributed by atoms with Crippen molar-refractivity contribution in [1.29, 1.82) is 0 Å². The van der Waals surface area contributed by atoms with E-state index in [1.54, 1.807) is 0 Å². The zero-order chi connectivity index (χ0) is 14.6. The van der Waals surface area contributed by atoms with Crippen LogP contribution >= 0.6 is 0 Å². The summed E-state index contributed by atoms with van der Waals surface area (Å²) < 4.78 is 27.5. The lowest BCUT2D eigenvalue weighted by Crippen LogP contribution is -2.41. The zero-order valence-electron chi connectivity index (χ0n) is 12.7. The van der Waals surface area contributed by atoms with Crippen molar-refractivity contribution in [3.8, 4) is 0 Å². The van der Waals surface area contributed by atoms with Gasteiger partial charge in [0.05, 0.1) is 28.4 Å². The molecule has 1 aliphatic heterocycles.